The minimum absolute atomic E-state index is 0.0644. The molecule has 1 aliphatic rings. The number of Topliss-reactive ketones (excluding diaryl/α,β-unsaturated/α-hetero) is 1. The third-order valence-corrected chi connectivity index (χ3v) is 2.41. The van der Waals surface area contributed by atoms with E-state index in [1.807, 2.05) is 0 Å². The maximum absolute atomic E-state index is 11.6. The van der Waals surface area contributed by atoms with Crippen molar-refractivity contribution in [1.29, 1.82) is 0 Å². The number of methoxy groups -OCH3 is 1. The van der Waals surface area contributed by atoms with Crippen molar-refractivity contribution in [2.45, 2.75) is 6.42 Å². The number of ketones is 1. The molecule has 1 aliphatic heterocycles. The van der Waals surface area contributed by atoms with Gasteiger partial charge in [-0.05, 0) is 18.2 Å². The minimum Gasteiger partial charge on any atom is -0.465 e. The summed E-state index contributed by atoms with van der Waals surface area (Å²) < 4.78 is 4.59. The third-order valence-electron chi connectivity index (χ3n) is 2.41. The molecule has 0 aromatic heterocycles. The molecule has 0 fully saturated rings. The summed E-state index contributed by atoms with van der Waals surface area (Å²) in [6.45, 7) is 0.656. The molecule has 1 N–H and O–H groups in total. The van der Waals surface area contributed by atoms with E-state index in [2.05, 4.69) is 10.1 Å². The number of carbonyl (C=O) groups is 2. The Morgan fingerprint density at radius 3 is 3.00 bits per heavy atom. The van der Waals surface area contributed by atoms with Gasteiger partial charge in [-0.2, -0.15) is 0 Å². The molecule has 4 heteroatoms. The first kappa shape index (κ1) is 9.71. The van der Waals surface area contributed by atoms with Crippen LogP contribution < -0.4 is 5.32 Å². The zero-order valence-corrected chi connectivity index (χ0v) is 8.37. The van der Waals surface area contributed by atoms with E-state index < -0.39 is 5.97 Å². The Hall–Kier alpha value is -1.84. The van der Waals surface area contributed by atoms with Gasteiger partial charge in [-0.3, -0.25) is 4.79 Å². The van der Waals surface area contributed by atoms with Gasteiger partial charge in [0.05, 0.1) is 12.7 Å². The second kappa shape index (κ2) is 3.73. The highest BCUT2D eigenvalue weighted by Gasteiger charge is 2.18. The zero-order chi connectivity index (χ0) is 10.8. The van der Waals surface area contributed by atoms with Crippen molar-refractivity contribution in [2.24, 2.45) is 0 Å². The Labute approximate surface area is 87.2 Å². The van der Waals surface area contributed by atoms with E-state index in [1.165, 1.54) is 7.11 Å². The molecule has 0 atom stereocenters. The van der Waals surface area contributed by atoms with Crippen molar-refractivity contribution in [1.82, 2.24) is 0 Å². The van der Waals surface area contributed by atoms with Crippen molar-refractivity contribution < 1.29 is 14.3 Å². The maximum Gasteiger partial charge on any atom is 0.337 e. The summed E-state index contributed by atoms with van der Waals surface area (Å²) in [5.41, 5.74) is 1.77. The first-order chi connectivity index (χ1) is 7.22. The topological polar surface area (TPSA) is 55.4 Å². The number of benzene rings is 1. The van der Waals surface area contributed by atoms with Crippen LogP contribution in [0.3, 0.4) is 0 Å². The van der Waals surface area contributed by atoms with E-state index in [9.17, 15) is 9.59 Å². The molecule has 1 aromatic rings. The monoisotopic (exact) mass is 205 g/mol. The van der Waals surface area contributed by atoms with Crippen LogP contribution in [0.25, 0.3) is 0 Å². The molecule has 78 valence electrons. The van der Waals surface area contributed by atoms with E-state index in [0.717, 1.165) is 5.69 Å². The molecule has 0 amide bonds. The fraction of sp³-hybridized carbons (Fsp3) is 0.273. The summed E-state index contributed by atoms with van der Waals surface area (Å²) in [5, 5.41) is 3.10. The predicted molar refractivity (Wildman–Crippen MR) is 55.2 cm³/mol. The summed E-state index contributed by atoms with van der Waals surface area (Å²) in [5.74, 6) is -0.356. The molecule has 2 rings (SSSR count). The molecule has 1 aromatic carbocycles. The van der Waals surface area contributed by atoms with Crippen LogP contribution in [0.4, 0.5) is 5.69 Å². The highest BCUT2D eigenvalue weighted by Crippen LogP contribution is 2.23. The Morgan fingerprint density at radius 1 is 1.47 bits per heavy atom. The molecule has 0 spiro atoms. The number of esters is 1. The van der Waals surface area contributed by atoms with Crippen LogP contribution in [0.2, 0.25) is 0 Å². The second-order valence-corrected chi connectivity index (χ2v) is 3.35. The van der Waals surface area contributed by atoms with Gasteiger partial charge in [-0.1, -0.05) is 0 Å². The van der Waals surface area contributed by atoms with Crippen molar-refractivity contribution in [2.75, 3.05) is 19.0 Å². The molecule has 0 aliphatic carbocycles. The molecule has 0 radical (unpaired) electrons. The SMILES string of the molecule is COC(=O)c1ccc2c(c1)C(=O)CCN2. The van der Waals surface area contributed by atoms with Crippen LogP contribution in [0.1, 0.15) is 27.1 Å². The summed E-state index contributed by atoms with van der Waals surface area (Å²) in [6.07, 6.45) is 0.470. The molecule has 0 bridgehead atoms. The highest BCUT2D eigenvalue weighted by molar-refractivity contribution is 6.05. The van der Waals surface area contributed by atoms with Gasteiger partial charge < -0.3 is 10.1 Å². The van der Waals surface area contributed by atoms with E-state index in [-0.39, 0.29) is 5.78 Å². The van der Waals surface area contributed by atoms with Gasteiger partial charge in [-0.15, -0.1) is 0 Å². The van der Waals surface area contributed by atoms with Crippen LogP contribution >= 0.6 is 0 Å². The van der Waals surface area contributed by atoms with Crippen molar-refractivity contribution in [3.63, 3.8) is 0 Å². The van der Waals surface area contributed by atoms with E-state index in [0.29, 0.717) is 24.1 Å². The second-order valence-electron chi connectivity index (χ2n) is 3.35. The summed E-state index contributed by atoms with van der Waals surface area (Å²) >= 11 is 0. The zero-order valence-electron chi connectivity index (χ0n) is 8.37. The Morgan fingerprint density at radius 2 is 2.27 bits per heavy atom. The van der Waals surface area contributed by atoms with Crippen molar-refractivity contribution in [3.05, 3.63) is 29.3 Å². The number of ether oxygens (including phenoxy) is 1. The highest BCUT2D eigenvalue weighted by atomic mass is 16.5. The molecule has 1 heterocycles. The Bertz CT molecular complexity index is 426. The molecular weight excluding hydrogens is 194 g/mol. The summed E-state index contributed by atoms with van der Waals surface area (Å²) in [4.78, 5) is 22.8. The number of hydrogen-bond acceptors (Lipinski definition) is 4. The quantitative estimate of drug-likeness (QED) is 0.705. The lowest BCUT2D eigenvalue weighted by molar-refractivity contribution is 0.0601. The first-order valence-corrected chi connectivity index (χ1v) is 4.72. The van der Waals surface area contributed by atoms with Gasteiger partial charge in [0, 0.05) is 24.2 Å². The van der Waals surface area contributed by atoms with Gasteiger partial charge in [0.2, 0.25) is 0 Å². The fourth-order valence-corrected chi connectivity index (χ4v) is 1.62. The number of rotatable bonds is 1. The van der Waals surface area contributed by atoms with Crippen molar-refractivity contribution >= 4 is 17.4 Å². The molecule has 0 saturated heterocycles. The van der Waals surface area contributed by atoms with E-state index in [4.69, 9.17) is 0 Å². The lowest BCUT2D eigenvalue weighted by Gasteiger charge is -2.17. The number of hydrogen-bond donors (Lipinski definition) is 1. The fourth-order valence-electron chi connectivity index (χ4n) is 1.62. The van der Waals surface area contributed by atoms with Gasteiger partial charge in [0.15, 0.2) is 5.78 Å². The van der Waals surface area contributed by atoms with E-state index >= 15 is 0 Å². The van der Waals surface area contributed by atoms with Crippen molar-refractivity contribution in [3.8, 4) is 0 Å². The molecule has 0 saturated carbocycles. The number of fused-ring (bicyclic) bond motifs is 1. The minimum atomic E-state index is -0.420. The van der Waals surface area contributed by atoms with Crippen LogP contribution in [0.5, 0.6) is 0 Å². The first-order valence-electron chi connectivity index (χ1n) is 4.72. The van der Waals surface area contributed by atoms with Crippen LogP contribution in [0.15, 0.2) is 18.2 Å². The van der Waals surface area contributed by atoms with Gasteiger partial charge >= 0.3 is 5.97 Å². The third kappa shape index (κ3) is 1.70. The Kier molecular flexibility index (Phi) is 2.41. The molecule has 15 heavy (non-hydrogen) atoms. The molecule has 4 nitrogen and oxygen atoms in total. The normalized spacial score (nSPS) is 14.1. The summed E-state index contributed by atoms with van der Waals surface area (Å²) in [7, 11) is 1.32. The number of anilines is 1. The van der Waals surface area contributed by atoms with E-state index in [1.54, 1.807) is 18.2 Å². The number of nitrogens with one attached hydrogen (secondary N) is 1. The lowest BCUT2D eigenvalue weighted by atomic mass is 10.00. The largest absolute Gasteiger partial charge is 0.465 e. The molecular formula is C11H11NO3. The molecule has 0 unspecified atom stereocenters. The van der Waals surface area contributed by atoms with Crippen LogP contribution in [0, 0.1) is 0 Å². The standard InChI is InChI=1S/C11H11NO3/c1-15-11(14)7-2-3-9-8(6-7)10(13)4-5-12-9/h2-3,6,12H,4-5H2,1H3. The average Bonchev–Trinajstić information content (AvgIpc) is 2.28. The smallest absolute Gasteiger partial charge is 0.337 e. The van der Waals surface area contributed by atoms with Gasteiger partial charge in [-0.25, -0.2) is 4.79 Å². The summed E-state index contributed by atoms with van der Waals surface area (Å²) in [6, 6.07) is 4.96. The lowest BCUT2D eigenvalue weighted by Crippen LogP contribution is -2.18. The predicted octanol–water partition coefficient (Wildman–Crippen LogP) is 1.47. The average molecular weight is 205 g/mol. The van der Waals surface area contributed by atoms with Gasteiger partial charge in [0.1, 0.15) is 0 Å². The van der Waals surface area contributed by atoms with Crippen LogP contribution in [-0.2, 0) is 4.74 Å². The maximum atomic E-state index is 11.6. The van der Waals surface area contributed by atoms with Crippen LogP contribution in [-0.4, -0.2) is 25.4 Å². The number of carbonyl (C=O) groups excluding carboxylic acids is 2. The Balaban J connectivity index is 2.44. The van der Waals surface area contributed by atoms with Gasteiger partial charge in [0.25, 0.3) is 0 Å².